The molecule has 2 aromatic carbocycles. The zero-order valence-electron chi connectivity index (χ0n) is 18.8. The summed E-state index contributed by atoms with van der Waals surface area (Å²) in [5, 5.41) is 2.78. The van der Waals surface area contributed by atoms with Gasteiger partial charge in [0.15, 0.2) is 16.6 Å². The molecule has 0 bridgehead atoms. The molecule has 0 fully saturated rings. The Morgan fingerprint density at radius 3 is 2.43 bits per heavy atom. The highest BCUT2D eigenvalue weighted by Crippen LogP contribution is 2.19. The first-order chi connectivity index (χ1) is 18.1. The molecule has 3 N–H and O–H groups in total. The highest BCUT2D eigenvalue weighted by molar-refractivity contribution is 6.32. The molecular weight excluding hydrogens is 496 g/mol. The van der Waals surface area contributed by atoms with Crippen LogP contribution in [0, 0.1) is 0 Å². The maximum atomic E-state index is 12.0. The van der Waals surface area contributed by atoms with Crippen LogP contribution < -0.4 is 10.9 Å². The lowest BCUT2D eigenvalue weighted by Gasteiger charge is -2.02. The van der Waals surface area contributed by atoms with E-state index >= 15 is 0 Å². The van der Waals surface area contributed by atoms with Crippen LogP contribution >= 0.6 is 11.6 Å². The highest BCUT2D eigenvalue weighted by atomic mass is 35.5. The van der Waals surface area contributed by atoms with Crippen LogP contribution in [0.15, 0.2) is 78.4 Å². The lowest BCUT2D eigenvalue weighted by molar-refractivity contribution is 0.101. The summed E-state index contributed by atoms with van der Waals surface area (Å²) in [6.45, 7) is 0. The molecule has 37 heavy (non-hydrogen) atoms. The van der Waals surface area contributed by atoms with Crippen molar-refractivity contribution in [3.8, 4) is 0 Å². The predicted molar refractivity (Wildman–Crippen MR) is 138 cm³/mol. The Balaban J connectivity index is 0.000000136. The monoisotopic (exact) mass is 510 g/mol. The van der Waals surface area contributed by atoms with E-state index in [0.29, 0.717) is 22.5 Å². The average Bonchev–Trinajstić information content (AvgIpc) is 3.53. The molecule has 0 aliphatic rings. The molecule has 12 nitrogen and oxygen atoms in total. The van der Waals surface area contributed by atoms with Crippen molar-refractivity contribution in [3.05, 3.63) is 94.9 Å². The van der Waals surface area contributed by atoms with Gasteiger partial charge in [0.2, 0.25) is 5.65 Å². The van der Waals surface area contributed by atoms with E-state index in [2.05, 4.69) is 45.2 Å². The van der Waals surface area contributed by atoms with Crippen molar-refractivity contribution < 1.29 is 4.79 Å². The molecule has 0 unspecified atom stereocenters. The molecule has 1 amide bonds. The Hall–Kier alpha value is -5.23. The van der Waals surface area contributed by atoms with Crippen LogP contribution in [0.3, 0.4) is 0 Å². The second-order valence-electron chi connectivity index (χ2n) is 7.76. The summed E-state index contributed by atoms with van der Waals surface area (Å²) < 4.78 is 1.76. The van der Waals surface area contributed by atoms with Crippen molar-refractivity contribution in [2.45, 2.75) is 0 Å². The molecule has 5 heterocycles. The number of nitrogens with one attached hydrogen (secondary N) is 3. The maximum absolute atomic E-state index is 12.0. The SMILES string of the molecule is O=C(Nc1cncnc1Cl)c1nc2ccccc2[nH]1.O=c1[nH]c2cncnc2n2c1nc1ccccc12. The smallest absolute Gasteiger partial charge is 0.292 e. The van der Waals surface area contributed by atoms with Crippen LogP contribution in [0.4, 0.5) is 5.69 Å². The molecule has 0 aliphatic heterocycles. The Bertz CT molecular complexity index is 1960. The van der Waals surface area contributed by atoms with Crippen LogP contribution in [0.1, 0.15) is 10.6 Å². The third-order valence-electron chi connectivity index (χ3n) is 5.43. The van der Waals surface area contributed by atoms with Gasteiger partial charge >= 0.3 is 0 Å². The van der Waals surface area contributed by atoms with Gasteiger partial charge in [-0.25, -0.2) is 29.9 Å². The minimum absolute atomic E-state index is 0.180. The van der Waals surface area contributed by atoms with Gasteiger partial charge in [-0.3, -0.25) is 14.0 Å². The Morgan fingerprint density at radius 2 is 1.59 bits per heavy atom. The quantitative estimate of drug-likeness (QED) is 0.298. The number of H-pyrrole nitrogens is 2. The van der Waals surface area contributed by atoms with Crippen molar-refractivity contribution in [1.29, 1.82) is 0 Å². The Morgan fingerprint density at radius 1 is 0.838 bits per heavy atom. The lowest BCUT2D eigenvalue weighted by Crippen LogP contribution is -2.14. The van der Waals surface area contributed by atoms with Gasteiger partial charge in [-0.1, -0.05) is 35.9 Å². The van der Waals surface area contributed by atoms with Crippen LogP contribution in [0.25, 0.3) is 38.9 Å². The van der Waals surface area contributed by atoms with E-state index in [1.165, 1.54) is 18.9 Å². The third-order valence-corrected chi connectivity index (χ3v) is 5.73. The summed E-state index contributed by atoms with van der Waals surface area (Å²) in [7, 11) is 0. The summed E-state index contributed by atoms with van der Waals surface area (Å²) in [6.07, 6.45) is 5.77. The number of aromatic amines is 2. The first-order valence-corrected chi connectivity index (χ1v) is 11.3. The number of halogens is 1. The van der Waals surface area contributed by atoms with Gasteiger partial charge in [0.1, 0.15) is 18.2 Å². The van der Waals surface area contributed by atoms with E-state index in [-0.39, 0.29) is 16.5 Å². The summed E-state index contributed by atoms with van der Waals surface area (Å²) in [6, 6.07) is 15.0. The Labute approximate surface area is 211 Å². The number of fused-ring (bicyclic) bond motifs is 6. The molecule has 0 atom stereocenters. The van der Waals surface area contributed by atoms with E-state index < -0.39 is 5.91 Å². The number of imidazole rings is 2. The van der Waals surface area contributed by atoms with Crippen molar-refractivity contribution in [2.24, 2.45) is 0 Å². The lowest BCUT2D eigenvalue weighted by atomic mass is 10.3. The number of hydrogen-bond donors (Lipinski definition) is 3. The van der Waals surface area contributed by atoms with Crippen molar-refractivity contribution in [2.75, 3.05) is 5.32 Å². The second-order valence-corrected chi connectivity index (χ2v) is 8.12. The van der Waals surface area contributed by atoms with Crippen molar-refractivity contribution in [3.63, 3.8) is 0 Å². The van der Waals surface area contributed by atoms with E-state index in [4.69, 9.17) is 11.6 Å². The van der Waals surface area contributed by atoms with Gasteiger partial charge in [-0.05, 0) is 24.3 Å². The fraction of sp³-hybridized carbons (Fsp3) is 0. The molecule has 13 heteroatoms. The number of para-hydroxylation sites is 4. The van der Waals surface area contributed by atoms with Gasteiger partial charge in [0.25, 0.3) is 11.5 Å². The number of anilines is 1. The summed E-state index contributed by atoms with van der Waals surface area (Å²) in [4.78, 5) is 53.8. The molecule has 0 spiro atoms. The van der Waals surface area contributed by atoms with E-state index in [9.17, 15) is 9.59 Å². The molecule has 0 saturated heterocycles. The number of aromatic nitrogens is 9. The fourth-order valence-electron chi connectivity index (χ4n) is 3.80. The molecule has 0 aliphatic carbocycles. The number of carbonyl (C=O) groups is 1. The predicted octanol–water partition coefficient (Wildman–Crippen LogP) is 3.38. The number of benzene rings is 2. The summed E-state index contributed by atoms with van der Waals surface area (Å²) in [5.74, 6) is -0.186. The van der Waals surface area contributed by atoms with E-state index in [0.717, 1.165) is 22.1 Å². The van der Waals surface area contributed by atoms with E-state index in [1.807, 2.05) is 48.5 Å². The number of hydrogen-bond acceptors (Lipinski definition) is 8. The molecular formula is C24H15ClN10O2. The topological polar surface area (TPSA) is 160 Å². The molecule has 0 radical (unpaired) electrons. The molecule has 0 saturated carbocycles. The number of amides is 1. The highest BCUT2D eigenvalue weighted by Gasteiger charge is 2.14. The van der Waals surface area contributed by atoms with Crippen molar-refractivity contribution >= 4 is 62.1 Å². The maximum Gasteiger partial charge on any atom is 0.292 e. The molecule has 7 aromatic rings. The third kappa shape index (κ3) is 4.10. The van der Waals surface area contributed by atoms with Gasteiger partial charge in [-0.15, -0.1) is 0 Å². The average molecular weight is 511 g/mol. The first-order valence-electron chi connectivity index (χ1n) is 10.9. The Kier molecular flexibility index (Phi) is 5.47. The zero-order chi connectivity index (χ0) is 25.4. The molecule has 5 aromatic heterocycles. The van der Waals surface area contributed by atoms with Gasteiger partial charge in [0, 0.05) is 0 Å². The van der Waals surface area contributed by atoms with Gasteiger partial charge in [0.05, 0.1) is 40.1 Å². The zero-order valence-corrected chi connectivity index (χ0v) is 19.5. The van der Waals surface area contributed by atoms with Gasteiger partial charge < -0.3 is 15.3 Å². The normalized spacial score (nSPS) is 11.1. The minimum atomic E-state index is -0.395. The molecule has 7 rings (SSSR count). The van der Waals surface area contributed by atoms with E-state index in [1.54, 1.807) is 10.6 Å². The van der Waals surface area contributed by atoms with Crippen LogP contribution in [-0.2, 0) is 0 Å². The van der Waals surface area contributed by atoms with Crippen LogP contribution in [-0.4, -0.2) is 50.2 Å². The number of carbonyl (C=O) groups excluding carboxylic acids is 1. The fourth-order valence-corrected chi connectivity index (χ4v) is 3.94. The largest absolute Gasteiger partial charge is 0.334 e. The van der Waals surface area contributed by atoms with Crippen LogP contribution in [0.2, 0.25) is 5.15 Å². The number of nitrogens with zero attached hydrogens (tertiary/aromatic N) is 7. The molecule has 180 valence electrons. The number of rotatable bonds is 2. The van der Waals surface area contributed by atoms with Gasteiger partial charge in [-0.2, -0.15) is 0 Å². The summed E-state index contributed by atoms with van der Waals surface area (Å²) >= 11 is 5.84. The minimum Gasteiger partial charge on any atom is -0.334 e. The standard InChI is InChI=1S/C12H8ClN5O.C12H7N5O/c13-10-9(5-14-6-15-10)18-12(19)11-16-7-3-1-2-4-8(7)17-11;18-12-11-15-7-3-1-2-4-9(7)17(11)10-8(16-12)5-13-6-14-10/h1-6H,(H,16,17)(H,18,19);1-6H,(H,16,18). The summed E-state index contributed by atoms with van der Waals surface area (Å²) in [5.41, 5.74) is 4.85. The van der Waals surface area contributed by atoms with Crippen molar-refractivity contribution in [1.82, 2.24) is 44.3 Å². The first kappa shape index (κ1) is 22.2. The second kappa shape index (κ2) is 9.09. The van der Waals surface area contributed by atoms with Crippen LogP contribution in [0.5, 0.6) is 0 Å².